The minimum Gasteiger partial charge on any atom is -0.339 e. The van der Waals surface area contributed by atoms with E-state index in [-0.39, 0.29) is 15.6 Å². The zero-order valence-corrected chi connectivity index (χ0v) is 16.7. The average molecular weight is 322 g/mol. The van der Waals surface area contributed by atoms with E-state index in [1.54, 1.807) is 0 Å². The predicted molar refractivity (Wildman–Crippen MR) is 93.8 cm³/mol. The van der Waals surface area contributed by atoms with Crippen LogP contribution in [0.1, 0.15) is 81.6 Å². The van der Waals surface area contributed by atoms with Gasteiger partial charge in [-0.2, -0.15) is 0 Å². The van der Waals surface area contributed by atoms with Crippen molar-refractivity contribution in [3.8, 4) is 0 Å². The third kappa shape index (κ3) is 10.3. The van der Waals surface area contributed by atoms with Gasteiger partial charge in [0.15, 0.2) is 0 Å². The number of hydrogen-bond acceptors (Lipinski definition) is 2. The molecular weight excluding hydrogens is 287 g/mol. The van der Waals surface area contributed by atoms with Crippen LogP contribution in [0.5, 0.6) is 0 Å². The lowest BCUT2D eigenvalue weighted by molar-refractivity contribution is 0.121. The number of rotatable bonds is 7. The summed E-state index contributed by atoms with van der Waals surface area (Å²) < 4.78 is 11.0. The van der Waals surface area contributed by atoms with Crippen LogP contribution >= 0.6 is 18.6 Å². The van der Waals surface area contributed by atoms with Gasteiger partial charge in [0.1, 0.15) is 0 Å². The summed E-state index contributed by atoms with van der Waals surface area (Å²) in [5.41, 5.74) is 0.787. The van der Waals surface area contributed by atoms with Gasteiger partial charge < -0.3 is 4.89 Å². The van der Waals surface area contributed by atoms with E-state index in [1.165, 1.54) is 17.8 Å². The molecule has 1 N–H and O–H groups in total. The Balaban J connectivity index is 4.77. The van der Waals surface area contributed by atoms with Crippen molar-refractivity contribution in [3.05, 3.63) is 0 Å². The highest BCUT2D eigenvalue weighted by atomic mass is 32.7. The molecule has 0 heterocycles. The summed E-state index contributed by atoms with van der Waals surface area (Å²) in [5, 5.41) is 0. The Kier molecular flexibility index (Phi) is 6.93. The SMILES string of the molecule is CC(C)(C)CC(C)(C)CC(C)(C)CC(C)(C)S[PH](=O)O. The maximum atomic E-state index is 11.1. The van der Waals surface area contributed by atoms with Crippen LogP contribution in [-0.2, 0) is 4.57 Å². The van der Waals surface area contributed by atoms with E-state index >= 15 is 0 Å². The topological polar surface area (TPSA) is 37.3 Å². The summed E-state index contributed by atoms with van der Waals surface area (Å²) in [4.78, 5) is 9.18. The highest BCUT2D eigenvalue weighted by molar-refractivity contribution is 8.50. The van der Waals surface area contributed by atoms with Gasteiger partial charge in [0.05, 0.1) is 0 Å². The Labute approximate surface area is 131 Å². The first-order valence-corrected chi connectivity index (χ1v) is 10.4. The Morgan fingerprint density at radius 2 is 1.20 bits per heavy atom. The van der Waals surface area contributed by atoms with Crippen LogP contribution in [-0.4, -0.2) is 9.64 Å². The standard InChI is InChI=1S/C16H35O2PS/c1-13(2,3)10-14(4,5)11-15(6,7)12-16(8,9)20-19(17)18/h19H,10-12H2,1-9H3,(H,17,18). The highest BCUT2D eigenvalue weighted by Gasteiger charge is 2.36. The van der Waals surface area contributed by atoms with Gasteiger partial charge in [-0.05, 0) is 35.5 Å². The molecule has 0 amide bonds. The van der Waals surface area contributed by atoms with Crippen molar-refractivity contribution < 1.29 is 9.46 Å². The molecule has 0 aromatic heterocycles. The normalized spacial score (nSPS) is 16.3. The zero-order valence-electron chi connectivity index (χ0n) is 14.9. The maximum absolute atomic E-state index is 11.1. The molecule has 0 aliphatic rings. The van der Waals surface area contributed by atoms with E-state index in [4.69, 9.17) is 0 Å². The first kappa shape index (κ1) is 20.5. The van der Waals surface area contributed by atoms with Crippen molar-refractivity contribution in [2.75, 3.05) is 0 Å². The molecule has 1 unspecified atom stereocenters. The molecule has 0 bridgehead atoms. The molecule has 0 rings (SSSR count). The molecular formula is C16H35O2PS. The van der Waals surface area contributed by atoms with Crippen molar-refractivity contribution in [3.63, 3.8) is 0 Å². The molecule has 0 aromatic rings. The Morgan fingerprint density at radius 3 is 1.55 bits per heavy atom. The summed E-state index contributed by atoms with van der Waals surface area (Å²) in [6, 6.07) is 0. The van der Waals surface area contributed by atoms with Gasteiger partial charge in [-0.25, -0.2) is 0 Å². The fourth-order valence-corrected chi connectivity index (χ4v) is 6.85. The third-order valence-corrected chi connectivity index (χ3v) is 6.29. The Morgan fingerprint density at radius 1 is 0.800 bits per heavy atom. The molecule has 0 spiro atoms. The van der Waals surface area contributed by atoms with Crippen LogP contribution in [0.3, 0.4) is 0 Å². The van der Waals surface area contributed by atoms with Gasteiger partial charge in [0.25, 0.3) is 0 Å². The lowest BCUT2D eigenvalue weighted by Gasteiger charge is -2.41. The molecule has 0 fully saturated rings. The first-order valence-electron chi connectivity index (χ1n) is 7.46. The fraction of sp³-hybridized carbons (Fsp3) is 1.00. The second-order valence-electron chi connectivity index (χ2n) is 9.55. The molecule has 0 saturated carbocycles. The molecule has 0 aliphatic heterocycles. The monoisotopic (exact) mass is 322 g/mol. The second kappa shape index (κ2) is 6.75. The smallest absolute Gasteiger partial charge is 0.244 e. The molecule has 0 aliphatic carbocycles. The van der Waals surface area contributed by atoms with Crippen LogP contribution < -0.4 is 0 Å². The molecule has 20 heavy (non-hydrogen) atoms. The highest BCUT2D eigenvalue weighted by Crippen LogP contribution is 2.51. The average Bonchev–Trinajstić information content (AvgIpc) is 1.86. The van der Waals surface area contributed by atoms with Crippen molar-refractivity contribution in [1.82, 2.24) is 0 Å². The van der Waals surface area contributed by atoms with E-state index in [9.17, 15) is 9.46 Å². The summed E-state index contributed by atoms with van der Waals surface area (Å²) >= 11 is 1.22. The maximum Gasteiger partial charge on any atom is 0.244 e. The van der Waals surface area contributed by atoms with Gasteiger partial charge in [0.2, 0.25) is 7.23 Å². The van der Waals surface area contributed by atoms with Crippen LogP contribution in [0.25, 0.3) is 0 Å². The molecule has 4 heteroatoms. The van der Waals surface area contributed by atoms with Crippen molar-refractivity contribution in [1.29, 1.82) is 0 Å². The third-order valence-electron chi connectivity index (χ3n) is 3.23. The fourth-order valence-electron chi connectivity index (χ4n) is 4.28. The predicted octanol–water partition coefficient (Wildman–Crippen LogP) is 6.15. The van der Waals surface area contributed by atoms with E-state index in [2.05, 4.69) is 62.3 Å². The van der Waals surface area contributed by atoms with Crippen molar-refractivity contribution in [2.24, 2.45) is 16.2 Å². The second-order valence-corrected chi connectivity index (χ2v) is 13.0. The van der Waals surface area contributed by atoms with Gasteiger partial charge in [-0.15, -0.1) is 0 Å². The van der Waals surface area contributed by atoms with E-state index in [0.717, 1.165) is 12.8 Å². The molecule has 0 aromatic carbocycles. The summed E-state index contributed by atoms with van der Waals surface area (Å²) in [6.07, 6.45) is 3.27. The summed E-state index contributed by atoms with van der Waals surface area (Å²) in [7, 11) is -2.47. The largest absolute Gasteiger partial charge is 0.339 e. The number of hydrogen-bond donors (Lipinski definition) is 1. The van der Waals surface area contributed by atoms with Crippen molar-refractivity contribution in [2.45, 2.75) is 86.3 Å². The van der Waals surface area contributed by atoms with E-state index < -0.39 is 7.23 Å². The van der Waals surface area contributed by atoms with E-state index in [0.29, 0.717) is 5.41 Å². The lowest BCUT2D eigenvalue weighted by atomic mass is 9.66. The molecule has 2 nitrogen and oxygen atoms in total. The van der Waals surface area contributed by atoms with Gasteiger partial charge >= 0.3 is 0 Å². The summed E-state index contributed by atoms with van der Waals surface area (Å²) in [6.45, 7) is 20.3. The lowest BCUT2D eigenvalue weighted by Crippen LogP contribution is -2.32. The minimum atomic E-state index is -2.47. The van der Waals surface area contributed by atoms with Gasteiger partial charge in [0, 0.05) is 4.75 Å². The van der Waals surface area contributed by atoms with Crippen molar-refractivity contribution >= 4 is 18.6 Å². The Hall–Kier alpha value is 0.540. The molecule has 122 valence electrons. The summed E-state index contributed by atoms with van der Waals surface area (Å²) in [5.74, 6) is 0. The molecule has 1 atom stereocenters. The minimum absolute atomic E-state index is 0.147. The Bertz CT molecular complexity index is 341. The van der Waals surface area contributed by atoms with Gasteiger partial charge in [-0.3, -0.25) is 4.57 Å². The van der Waals surface area contributed by atoms with Gasteiger partial charge in [-0.1, -0.05) is 73.7 Å². The van der Waals surface area contributed by atoms with E-state index in [1.807, 2.05) is 0 Å². The molecule has 0 saturated heterocycles. The van der Waals surface area contributed by atoms with Crippen LogP contribution in [0.15, 0.2) is 0 Å². The zero-order chi connectivity index (χ0) is 16.4. The van der Waals surface area contributed by atoms with Crippen LogP contribution in [0.2, 0.25) is 0 Å². The van der Waals surface area contributed by atoms with Crippen LogP contribution in [0, 0.1) is 16.2 Å². The first-order chi connectivity index (χ1) is 8.54. The molecule has 0 radical (unpaired) electrons. The quantitative estimate of drug-likeness (QED) is 0.571. The van der Waals surface area contributed by atoms with Crippen LogP contribution in [0.4, 0.5) is 0 Å².